The number of aliphatic hydroxyl groups is 2. The van der Waals surface area contributed by atoms with E-state index in [1.54, 1.807) is 0 Å². The summed E-state index contributed by atoms with van der Waals surface area (Å²) in [6.45, 7) is 2.73. The standard InChI is InChI=1S/C14H25NO2/c16-6-4-2-1-3-5-15-9-11-7-10-8-12(11)13(15)14(10)17/h10-14,16-17H,1-9H2. The summed E-state index contributed by atoms with van der Waals surface area (Å²) in [5.74, 6) is 2.33. The van der Waals surface area contributed by atoms with Crippen molar-refractivity contribution in [1.82, 2.24) is 4.90 Å². The highest BCUT2D eigenvalue weighted by Gasteiger charge is 2.58. The average Bonchev–Trinajstić information content (AvgIpc) is 2.90. The van der Waals surface area contributed by atoms with Crippen LogP contribution < -0.4 is 0 Å². The van der Waals surface area contributed by atoms with Gasteiger partial charge in [0, 0.05) is 19.2 Å². The molecule has 0 spiro atoms. The van der Waals surface area contributed by atoms with Gasteiger partial charge in [0.1, 0.15) is 0 Å². The molecule has 3 rings (SSSR count). The fourth-order valence-corrected chi connectivity index (χ4v) is 4.57. The van der Waals surface area contributed by atoms with E-state index in [-0.39, 0.29) is 6.10 Å². The van der Waals surface area contributed by atoms with Crippen molar-refractivity contribution in [3.8, 4) is 0 Å². The van der Waals surface area contributed by atoms with E-state index < -0.39 is 0 Å². The van der Waals surface area contributed by atoms with Crippen LogP contribution in [0.5, 0.6) is 0 Å². The smallest absolute Gasteiger partial charge is 0.0726 e. The predicted molar refractivity (Wildman–Crippen MR) is 66.6 cm³/mol. The van der Waals surface area contributed by atoms with Crippen LogP contribution in [0.2, 0.25) is 0 Å². The molecule has 1 aliphatic heterocycles. The van der Waals surface area contributed by atoms with Crippen LogP contribution in [0.15, 0.2) is 0 Å². The summed E-state index contributed by atoms with van der Waals surface area (Å²) < 4.78 is 0. The molecule has 2 saturated carbocycles. The second kappa shape index (κ2) is 4.87. The minimum absolute atomic E-state index is 0.0313. The molecule has 17 heavy (non-hydrogen) atoms. The van der Waals surface area contributed by atoms with Gasteiger partial charge in [-0.2, -0.15) is 0 Å². The third-order valence-corrected chi connectivity index (χ3v) is 5.30. The Morgan fingerprint density at radius 1 is 1.00 bits per heavy atom. The second-order valence-corrected chi connectivity index (χ2v) is 6.27. The van der Waals surface area contributed by atoms with Crippen LogP contribution in [-0.2, 0) is 0 Å². The zero-order valence-electron chi connectivity index (χ0n) is 10.6. The molecule has 98 valence electrons. The lowest BCUT2D eigenvalue weighted by atomic mass is 9.88. The summed E-state index contributed by atoms with van der Waals surface area (Å²) in [6.07, 6.45) is 7.08. The molecule has 0 radical (unpaired) electrons. The molecule has 3 fully saturated rings. The molecule has 1 saturated heterocycles. The van der Waals surface area contributed by atoms with E-state index >= 15 is 0 Å². The number of aliphatic hydroxyl groups excluding tert-OH is 2. The summed E-state index contributed by atoms with van der Waals surface area (Å²) in [4.78, 5) is 2.56. The lowest BCUT2D eigenvalue weighted by Crippen LogP contribution is -2.41. The normalized spacial score (nSPS) is 43.8. The Labute approximate surface area is 104 Å². The van der Waals surface area contributed by atoms with E-state index in [2.05, 4.69) is 4.90 Å². The summed E-state index contributed by atoms with van der Waals surface area (Å²) in [5, 5.41) is 19.0. The molecule has 5 atom stereocenters. The van der Waals surface area contributed by atoms with Crippen molar-refractivity contribution in [1.29, 1.82) is 0 Å². The van der Waals surface area contributed by atoms with Crippen LogP contribution >= 0.6 is 0 Å². The molecule has 0 aromatic carbocycles. The van der Waals surface area contributed by atoms with Gasteiger partial charge in [0.15, 0.2) is 0 Å². The SMILES string of the molecule is OCCCCCCN1CC2CC3CC2C1C3O. The average molecular weight is 239 g/mol. The molecule has 3 aliphatic rings. The fourth-order valence-electron chi connectivity index (χ4n) is 4.57. The number of rotatable bonds is 6. The van der Waals surface area contributed by atoms with Crippen LogP contribution in [0.1, 0.15) is 38.5 Å². The zero-order valence-corrected chi connectivity index (χ0v) is 10.6. The second-order valence-electron chi connectivity index (χ2n) is 6.27. The Morgan fingerprint density at radius 2 is 1.82 bits per heavy atom. The van der Waals surface area contributed by atoms with E-state index in [9.17, 15) is 5.11 Å². The van der Waals surface area contributed by atoms with Gasteiger partial charge < -0.3 is 10.2 Å². The van der Waals surface area contributed by atoms with E-state index in [4.69, 9.17) is 5.11 Å². The van der Waals surface area contributed by atoms with Gasteiger partial charge in [0.25, 0.3) is 0 Å². The topological polar surface area (TPSA) is 43.7 Å². The molecular weight excluding hydrogens is 214 g/mol. The van der Waals surface area contributed by atoms with Gasteiger partial charge >= 0.3 is 0 Å². The monoisotopic (exact) mass is 239 g/mol. The molecule has 0 aromatic rings. The third kappa shape index (κ3) is 2.02. The molecule has 0 aromatic heterocycles. The molecule has 5 unspecified atom stereocenters. The van der Waals surface area contributed by atoms with E-state index in [1.165, 1.54) is 32.2 Å². The van der Waals surface area contributed by atoms with Gasteiger partial charge in [-0.15, -0.1) is 0 Å². The lowest BCUT2D eigenvalue weighted by molar-refractivity contribution is 0.0504. The number of unbranched alkanes of at least 4 members (excludes halogenated alkanes) is 3. The molecular formula is C14H25NO2. The first-order chi connectivity index (χ1) is 8.31. The van der Waals surface area contributed by atoms with Crippen LogP contribution in [0.25, 0.3) is 0 Å². The van der Waals surface area contributed by atoms with Crippen molar-refractivity contribution in [2.24, 2.45) is 17.8 Å². The maximum atomic E-state index is 10.2. The lowest BCUT2D eigenvalue weighted by Gasteiger charge is -2.28. The molecule has 3 nitrogen and oxygen atoms in total. The van der Waals surface area contributed by atoms with Crippen molar-refractivity contribution in [2.45, 2.75) is 50.7 Å². The van der Waals surface area contributed by atoms with Crippen LogP contribution in [0, 0.1) is 17.8 Å². The Hall–Kier alpha value is -0.120. The molecule has 2 N–H and O–H groups in total. The highest BCUT2D eigenvalue weighted by molar-refractivity contribution is 5.10. The summed E-state index contributed by atoms with van der Waals surface area (Å²) in [6, 6.07) is 0.497. The van der Waals surface area contributed by atoms with Gasteiger partial charge in [-0.05, 0) is 50.0 Å². The van der Waals surface area contributed by atoms with Gasteiger partial charge in [-0.1, -0.05) is 12.8 Å². The van der Waals surface area contributed by atoms with E-state index in [0.717, 1.165) is 31.2 Å². The maximum absolute atomic E-state index is 10.2. The minimum atomic E-state index is -0.0313. The Morgan fingerprint density at radius 3 is 2.59 bits per heavy atom. The van der Waals surface area contributed by atoms with E-state index in [1.807, 2.05) is 0 Å². The Bertz CT molecular complexity index is 269. The summed E-state index contributed by atoms with van der Waals surface area (Å²) in [7, 11) is 0. The van der Waals surface area contributed by atoms with Crippen molar-refractivity contribution < 1.29 is 10.2 Å². The highest BCUT2D eigenvalue weighted by atomic mass is 16.3. The van der Waals surface area contributed by atoms with Crippen LogP contribution in [0.3, 0.4) is 0 Å². The van der Waals surface area contributed by atoms with Gasteiger partial charge in [0.05, 0.1) is 6.10 Å². The van der Waals surface area contributed by atoms with Gasteiger partial charge in [0.2, 0.25) is 0 Å². The number of hydrogen-bond donors (Lipinski definition) is 2. The number of fused-ring (bicyclic) bond motifs is 1. The van der Waals surface area contributed by atoms with Gasteiger partial charge in [-0.3, -0.25) is 4.90 Å². The maximum Gasteiger partial charge on any atom is 0.0726 e. The first-order valence-electron chi connectivity index (χ1n) is 7.34. The summed E-state index contributed by atoms with van der Waals surface area (Å²) in [5.41, 5.74) is 0. The van der Waals surface area contributed by atoms with Gasteiger partial charge in [-0.25, -0.2) is 0 Å². The number of nitrogens with zero attached hydrogens (tertiary/aromatic N) is 1. The molecule has 2 bridgehead atoms. The molecule has 2 aliphatic carbocycles. The minimum Gasteiger partial charge on any atom is -0.396 e. The van der Waals surface area contributed by atoms with Crippen molar-refractivity contribution in [3.05, 3.63) is 0 Å². The van der Waals surface area contributed by atoms with Crippen molar-refractivity contribution >= 4 is 0 Å². The van der Waals surface area contributed by atoms with Crippen LogP contribution in [-0.4, -0.2) is 47.0 Å². The number of hydrogen-bond acceptors (Lipinski definition) is 3. The van der Waals surface area contributed by atoms with E-state index in [0.29, 0.717) is 18.6 Å². The quantitative estimate of drug-likeness (QED) is 0.685. The number of likely N-dealkylation sites (tertiary alicyclic amines) is 1. The first kappa shape index (κ1) is 11.9. The molecule has 0 amide bonds. The summed E-state index contributed by atoms with van der Waals surface area (Å²) >= 11 is 0. The third-order valence-electron chi connectivity index (χ3n) is 5.30. The van der Waals surface area contributed by atoms with Crippen molar-refractivity contribution in [3.63, 3.8) is 0 Å². The fraction of sp³-hybridized carbons (Fsp3) is 1.00. The largest absolute Gasteiger partial charge is 0.396 e. The Kier molecular flexibility index (Phi) is 3.42. The van der Waals surface area contributed by atoms with Crippen molar-refractivity contribution in [2.75, 3.05) is 19.7 Å². The highest BCUT2D eigenvalue weighted by Crippen LogP contribution is 2.54. The zero-order chi connectivity index (χ0) is 11.8. The first-order valence-corrected chi connectivity index (χ1v) is 7.34. The predicted octanol–water partition coefficient (Wildman–Crippen LogP) is 1.24. The van der Waals surface area contributed by atoms with Crippen LogP contribution in [0.4, 0.5) is 0 Å². The Balaban J connectivity index is 1.46. The molecule has 3 heteroatoms. The molecule has 1 heterocycles.